The molecule has 2 N–H and O–H groups in total. The maximum absolute atomic E-state index is 5.91. The van der Waals surface area contributed by atoms with E-state index in [0.29, 0.717) is 0 Å². The van der Waals surface area contributed by atoms with Gasteiger partial charge < -0.3 is 10.5 Å². The molecule has 0 aliphatic heterocycles. The zero-order valence-electron chi connectivity index (χ0n) is 9.49. The molecule has 1 aliphatic carbocycles. The van der Waals surface area contributed by atoms with Crippen molar-refractivity contribution in [2.75, 3.05) is 13.7 Å². The third-order valence-corrected chi connectivity index (χ3v) is 3.75. The molecule has 0 heterocycles. The van der Waals surface area contributed by atoms with E-state index >= 15 is 0 Å². The lowest BCUT2D eigenvalue weighted by molar-refractivity contribution is 0.414. The van der Waals surface area contributed by atoms with E-state index in [-0.39, 0.29) is 5.41 Å². The minimum Gasteiger partial charge on any atom is -0.497 e. The Bertz CT molecular complexity index is 333. The van der Waals surface area contributed by atoms with Crippen LogP contribution in [0.4, 0.5) is 0 Å². The Morgan fingerprint density at radius 2 is 2.07 bits per heavy atom. The van der Waals surface area contributed by atoms with Crippen LogP contribution in [-0.4, -0.2) is 13.7 Å². The average Bonchev–Trinajstić information content (AvgIpc) is 3.04. The predicted molar refractivity (Wildman–Crippen MR) is 62.1 cm³/mol. The summed E-state index contributed by atoms with van der Waals surface area (Å²) in [6.07, 6.45) is 2.47. The van der Waals surface area contributed by atoms with Crippen LogP contribution in [0.2, 0.25) is 0 Å². The monoisotopic (exact) mass is 205 g/mol. The quantitative estimate of drug-likeness (QED) is 0.818. The summed E-state index contributed by atoms with van der Waals surface area (Å²) in [6.45, 7) is 3.00. The van der Waals surface area contributed by atoms with E-state index in [2.05, 4.69) is 19.1 Å². The zero-order chi connectivity index (χ0) is 10.9. The molecule has 2 nitrogen and oxygen atoms in total. The van der Waals surface area contributed by atoms with E-state index in [1.165, 1.54) is 18.4 Å². The lowest BCUT2D eigenvalue weighted by Gasteiger charge is -2.15. The second-order valence-corrected chi connectivity index (χ2v) is 4.40. The lowest BCUT2D eigenvalue weighted by Crippen LogP contribution is -2.22. The molecule has 0 aromatic heterocycles. The molecule has 2 atom stereocenters. The average molecular weight is 205 g/mol. The fourth-order valence-corrected chi connectivity index (χ4v) is 2.56. The van der Waals surface area contributed by atoms with Gasteiger partial charge in [0.1, 0.15) is 5.75 Å². The summed E-state index contributed by atoms with van der Waals surface area (Å²) in [5.74, 6) is 1.69. The van der Waals surface area contributed by atoms with Crippen molar-refractivity contribution in [3.8, 4) is 5.75 Å². The minimum absolute atomic E-state index is 0.265. The van der Waals surface area contributed by atoms with Gasteiger partial charge in [0.2, 0.25) is 0 Å². The fourth-order valence-electron chi connectivity index (χ4n) is 2.56. The van der Waals surface area contributed by atoms with E-state index in [4.69, 9.17) is 10.5 Å². The highest BCUT2D eigenvalue weighted by Gasteiger charge is 2.52. The van der Waals surface area contributed by atoms with Crippen molar-refractivity contribution in [1.82, 2.24) is 0 Å². The SMILES string of the molecule is CCC1CC1(CN)c1ccc(OC)cc1. The van der Waals surface area contributed by atoms with E-state index < -0.39 is 0 Å². The molecular weight excluding hydrogens is 186 g/mol. The van der Waals surface area contributed by atoms with Gasteiger partial charge in [0.15, 0.2) is 0 Å². The summed E-state index contributed by atoms with van der Waals surface area (Å²) < 4.78 is 5.16. The van der Waals surface area contributed by atoms with Crippen LogP contribution in [-0.2, 0) is 5.41 Å². The van der Waals surface area contributed by atoms with E-state index in [0.717, 1.165) is 18.2 Å². The maximum Gasteiger partial charge on any atom is 0.118 e. The molecule has 1 aromatic carbocycles. The molecule has 82 valence electrons. The summed E-state index contributed by atoms with van der Waals surface area (Å²) in [4.78, 5) is 0. The number of nitrogens with two attached hydrogens (primary N) is 1. The first-order valence-corrected chi connectivity index (χ1v) is 5.61. The normalized spacial score (nSPS) is 28.9. The van der Waals surface area contributed by atoms with Crippen molar-refractivity contribution in [2.24, 2.45) is 11.7 Å². The van der Waals surface area contributed by atoms with Crippen LogP contribution in [0.25, 0.3) is 0 Å². The van der Waals surface area contributed by atoms with Crippen LogP contribution < -0.4 is 10.5 Å². The third kappa shape index (κ3) is 1.63. The van der Waals surface area contributed by atoms with Gasteiger partial charge in [0, 0.05) is 12.0 Å². The number of methoxy groups -OCH3 is 1. The highest BCUT2D eigenvalue weighted by Crippen LogP contribution is 2.55. The van der Waals surface area contributed by atoms with Crippen LogP contribution in [0.15, 0.2) is 24.3 Å². The van der Waals surface area contributed by atoms with Gasteiger partial charge in [-0.1, -0.05) is 25.5 Å². The molecule has 1 fully saturated rings. The van der Waals surface area contributed by atoms with Crippen LogP contribution in [0, 0.1) is 5.92 Å². The minimum atomic E-state index is 0.265. The van der Waals surface area contributed by atoms with Gasteiger partial charge in [0.05, 0.1) is 7.11 Å². The Labute approximate surface area is 91.4 Å². The molecule has 2 rings (SSSR count). The first kappa shape index (κ1) is 10.5. The zero-order valence-corrected chi connectivity index (χ0v) is 9.49. The largest absolute Gasteiger partial charge is 0.497 e. The Kier molecular flexibility index (Phi) is 2.70. The van der Waals surface area contributed by atoms with Crippen molar-refractivity contribution >= 4 is 0 Å². The van der Waals surface area contributed by atoms with E-state index in [9.17, 15) is 0 Å². The molecule has 0 amide bonds. The van der Waals surface area contributed by atoms with Crippen molar-refractivity contribution in [3.63, 3.8) is 0 Å². The number of hydrogen-bond donors (Lipinski definition) is 1. The topological polar surface area (TPSA) is 35.2 Å². The van der Waals surface area contributed by atoms with Gasteiger partial charge in [-0.05, 0) is 30.0 Å². The van der Waals surface area contributed by atoms with Gasteiger partial charge in [-0.25, -0.2) is 0 Å². The highest BCUT2D eigenvalue weighted by atomic mass is 16.5. The molecule has 2 unspecified atom stereocenters. The Hall–Kier alpha value is -1.02. The summed E-state index contributed by atoms with van der Waals surface area (Å²) in [7, 11) is 1.69. The summed E-state index contributed by atoms with van der Waals surface area (Å²) >= 11 is 0. The molecule has 15 heavy (non-hydrogen) atoms. The first-order valence-electron chi connectivity index (χ1n) is 5.61. The molecule has 1 saturated carbocycles. The highest BCUT2D eigenvalue weighted by molar-refractivity contribution is 5.38. The van der Waals surface area contributed by atoms with Crippen molar-refractivity contribution in [1.29, 1.82) is 0 Å². The van der Waals surface area contributed by atoms with Gasteiger partial charge in [-0.15, -0.1) is 0 Å². The van der Waals surface area contributed by atoms with Crippen LogP contribution >= 0.6 is 0 Å². The molecule has 0 saturated heterocycles. The molecular formula is C13H19NO. The molecule has 1 aromatic rings. The predicted octanol–water partition coefficient (Wildman–Crippen LogP) is 2.32. The van der Waals surface area contributed by atoms with E-state index in [1.807, 2.05) is 12.1 Å². The van der Waals surface area contributed by atoms with Crippen LogP contribution in [0.1, 0.15) is 25.3 Å². The molecule has 2 heteroatoms. The number of hydrogen-bond acceptors (Lipinski definition) is 2. The molecule has 0 radical (unpaired) electrons. The number of benzene rings is 1. The fraction of sp³-hybridized carbons (Fsp3) is 0.538. The smallest absolute Gasteiger partial charge is 0.118 e. The van der Waals surface area contributed by atoms with E-state index in [1.54, 1.807) is 7.11 Å². The molecule has 0 bridgehead atoms. The van der Waals surface area contributed by atoms with Crippen molar-refractivity contribution in [2.45, 2.75) is 25.2 Å². The van der Waals surface area contributed by atoms with Crippen LogP contribution in [0.3, 0.4) is 0 Å². The summed E-state index contributed by atoms with van der Waals surface area (Å²) in [5, 5.41) is 0. The number of ether oxygens (including phenoxy) is 1. The number of rotatable bonds is 4. The van der Waals surface area contributed by atoms with Gasteiger partial charge in [-0.3, -0.25) is 0 Å². The van der Waals surface area contributed by atoms with Gasteiger partial charge >= 0.3 is 0 Å². The summed E-state index contributed by atoms with van der Waals surface area (Å²) in [6, 6.07) is 8.36. The second kappa shape index (κ2) is 3.86. The third-order valence-electron chi connectivity index (χ3n) is 3.75. The van der Waals surface area contributed by atoms with Crippen molar-refractivity contribution < 1.29 is 4.74 Å². The Balaban J connectivity index is 2.22. The Morgan fingerprint density at radius 1 is 1.40 bits per heavy atom. The first-order chi connectivity index (χ1) is 7.26. The van der Waals surface area contributed by atoms with Crippen molar-refractivity contribution in [3.05, 3.63) is 29.8 Å². The standard InChI is InChI=1S/C13H19NO/c1-3-10-8-13(10,9-14)11-4-6-12(15-2)7-5-11/h4-7,10H,3,8-9,14H2,1-2H3. The maximum atomic E-state index is 5.91. The molecule has 1 aliphatic rings. The van der Waals surface area contributed by atoms with Gasteiger partial charge in [-0.2, -0.15) is 0 Å². The van der Waals surface area contributed by atoms with Crippen LogP contribution in [0.5, 0.6) is 5.75 Å². The summed E-state index contributed by atoms with van der Waals surface area (Å²) in [5.41, 5.74) is 7.54. The van der Waals surface area contributed by atoms with Gasteiger partial charge in [0.25, 0.3) is 0 Å². The lowest BCUT2D eigenvalue weighted by atomic mass is 9.92. The Morgan fingerprint density at radius 3 is 2.47 bits per heavy atom. The second-order valence-electron chi connectivity index (χ2n) is 4.40. The molecule has 0 spiro atoms.